The molecule has 1 fully saturated rings. The first-order chi connectivity index (χ1) is 18.7. The van der Waals surface area contributed by atoms with Crippen molar-refractivity contribution >= 4 is 17.5 Å². The van der Waals surface area contributed by atoms with Gasteiger partial charge in [-0.1, -0.05) is 0 Å². The van der Waals surface area contributed by atoms with Crippen LogP contribution >= 0.6 is 0 Å². The fourth-order valence-electron chi connectivity index (χ4n) is 4.47. The zero-order chi connectivity index (χ0) is 29.2. The second kappa shape index (κ2) is 11.4. The summed E-state index contributed by atoms with van der Waals surface area (Å²) >= 11 is 0. The number of imidazole rings is 1. The molecule has 1 aliphatic carbocycles. The van der Waals surface area contributed by atoms with Crippen molar-refractivity contribution in [1.29, 1.82) is 0 Å². The zero-order valence-corrected chi connectivity index (χ0v) is 20.6. The van der Waals surface area contributed by atoms with Crippen LogP contribution in [0.2, 0.25) is 0 Å². The average molecular weight is 579 g/mol. The van der Waals surface area contributed by atoms with Crippen molar-refractivity contribution in [3.8, 4) is 0 Å². The molecule has 10 nitrogen and oxygen atoms in total. The second-order valence-electron chi connectivity index (χ2n) is 9.43. The minimum Gasteiger partial charge on any atom is -0.369 e. The van der Waals surface area contributed by atoms with Crippen molar-refractivity contribution in [1.82, 2.24) is 35.0 Å². The van der Waals surface area contributed by atoms with Crippen LogP contribution in [0.15, 0.2) is 30.7 Å². The normalized spacial score (nSPS) is 17.6. The van der Waals surface area contributed by atoms with Gasteiger partial charge in [0, 0.05) is 31.0 Å². The Kier molecular flexibility index (Phi) is 8.32. The predicted octanol–water partition coefficient (Wildman–Crippen LogP) is 4.07. The number of alkyl halides is 7. The highest BCUT2D eigenvalue weighted by Crippen LogP contribution is 2.41. The number of halogens is 7. The van der Waals surface area contributed by atoms with Crippen LogP contribution in [0.4, 0.5) is 30.7 Å². The molecule has 0 aromatic carbocycles. The van der Waals surface area contributed by atoms with E-state index in [4.69, 9.17) is 0 Å². The van der Waals surface area contributed by atoms with Gasteiger partial charge in [0.05, 0.1) is 30.6 Å². The van der Waals surface area contributed by atoms with Crippen LogP contribution in [0.25, 0.3) is 5.65 Å². The Labute approximate surface area is 221 Å². The van der Waals surface area contributed by atoms with Crippen molar-refractivity contribution < 1.29 is 45.4 Å². The predicted molar refractivity (Wildman–Crippen MR) is 122 cm³/mol. The molecular formula is C23H24F7N7O3. The van der Waals surface area contributed by atoms with Gasteiger partial charge >= 0.3 is 12.7 Å². The fourth-order valence-corrected chi connectivity index (χ4v) is 4.47. The van der Waals surface area contributed by atoms with E-state index in [0.29, 0.717) is 0 Å². The Morgan fingerprint density at radius 3 is 2.50 bits per heavy atom. The van der Waals surface area contributed by atoms with Crippen LogP contribution in [-0.4, -0.2) is 53.4 Å². The van der Waals surface area contributed by atoms with Crippen molar-refractivity contribution in [2.75, 3.05) is 0 Å². The lowest BCUT2D eigenvalue weighted by molar-refractivity contribution is -0.145. The van der Waals surface area contributed by atoms with E-state index in [2.05, 4.69) is 20.5 Å². The number of aromatic nitrogens is 5. The number of carbonyl (C=O) groups excluding carboxylic acids is 2. The average Bonchev–Trinajstić information content (AvgIpc) is 3.53. The first kappa shape index (κ1) is 29.2. The van der Waals surface area contributed by atoms with Gasteiger partial charge in [0.1, 0.15) is 5.69 Å². The number of aliphatic hydroxyl groups is 1. The number of nitrogens with one attached hydrogen (secondary N) is 2. The molecule has 2 amide bonds. The van der Waals surface area contributed by atoms with E-state index in [0.717, 1.165) is 18.5 Å². The lowest BCUT2D eigenvalue weighted by Gasteiger charge is -2.33. The molecule has 0 bridgehead atoms. The zero-order valence-electron chi connectivity index (χ0n) is 20.6. The molecule has 3 aromatic heterocycles. The summed E-state index contributed by atoms with van der Waals surface area (Å²) in [6, 6.07) is 1.38. The Bertz CT molecular complexity index is 1350. The first-order valence-electron chi connectivity index (χ1n) is 12.1. The minimum atomic E-state index is -4.55. The number of hydrogen-bond acceptors (Lipinski definition) is 6. The third-order valence-electron chi connectivity index (χ3n) is 6.54. The monoisotopic (exact) mass is 579 g/mol. The molecule has 3 heterocycles. The first-order valence-corrected chi connectivity index (χ1v) is 12.1. The number of amides is 2. The number of fused-ring (bicyclic) bond motifs is 1. The number of aliphatic hydroxyl groups excluding tert-OH is 1. The molecule has 17 heteroatoms. The maximum absolute atomic E-state index is 13.8. The highest BCUT2D eigenvalue weighted by atomic mass is 19.4. The molecule has 0 unspecified atom stereocenters. The van der Waals surface area contributed by atoms with Crippen molar-refractivity contribution in [2.24, 2.45) is 5.92 Å². The van der Waals surface area contributed by atoms with Crippen molar-refractivity contribution in [3.63, 3.8) is 0 Å². The fraction of sp³-hybridized carbons (Fsp3) is 0.522. The molecule has 0 saturated heterocycles. The van der Waals surface area contributed by atoms with E-state index in [-0.39, 0.29) is 34.4 Å². The highest BCUT2D eigenvalue weighted by molar-refractivity contribution is 5.92. The van der Waals surface area contributed by atoms with E-state index in [1.165, 1.54) is 16.8 Å². The number of hydrogen-bond donors (Lipinski definition) is 3. The molecule has 1 saturated carbocycles. The highest BCUT2D eigenvalue weighted by Gasteiger charge is 2.39. The summed E-state index contributed by atoms with van der Waals surface area (Å²) in [6.45, 7) is -3.10. The van der Waals surface area contributed by atoms with Gasteiger partial charge < -0.3 is 15.7 Å². The summed E-state index contributed by atoms with van der Waals surface area (Å²) in [4.78, 5) is 29.0. The van der Waals surface area contributed by atoms with Crippen LogP contribution < -0.4 is 10.6 Å². The van der Waals surface area contributed by atoms with Gasteiger partial charge in [0.2, 0.25) is 11.8 Å². The Morgan fingerprint density at radius 2 is 1.85 bits per heavy atom. The van der Waals surface area contributed by atoms with Gasteiger partial charge in [-0.3, -0.25) is 9.59 Å². The maximum Gasteiger partial charge on any atom is 0.389 e. The molecular weight excluding hydrogens is 555 g/mol. The smallest absolute Gasteiger partial charge is 0.369 e. The molecule has 218 valence electrons. The quantitative estimate of drug-likeness (QED) is 0.259. The standard InChI is InChI=1S/C23H24F7N7O3/c24-21(25)37-15(4-8-31-37)20(40)35-18(12-1-5-22(26,27)6-2-12)14-11-36-16(33-14)9-13(10-32-36)19(39)34-17(38)3-7-23(28,29)30/h4,8-12,18-19,21,39H,1-3,5-7H2,(H,34,38)(H,35,40)/t18-,19+/m0/s1. The molecule has 0 aliphatic heterocycles. The van der Waals surface area contributed by atoms with E-state index < -0.39 is 80.0 Å². The molecule has 4 rings (SSSR count). The third kappa shape index (κ3) is 7.05. The summed E-state index contributed by atoms with van der Waals surface area (Å²) in [5.41, 5.74) is -0.201. The lowest BCUT2D eigenvalue weighted by atomic mass is 9.81. The largest absolute Gasteiger partial charge is 0.389 e. The molecule has 1 aliphatic rings. The molecule has 0 spiro atoms. The van der Waals surface area contributed by atoms with Gasteiger partial charge in [0.15, 0.2) is 11.9 Å². The maximum atomic E-state index is 13.8. The number of nitrogens with zero attached hydrogens (tertiary/aromatic N) is 5. The Balaban J connectivity index is 1.57. The van der Waals surface area contributed by atoms with Gasteiger partial charge in [-0.25, -0.2) is 18.3 Å². The van der Waals surface area contributed by atoms with E-state index in [1.807, 2.05) is 5.32 Å². The van der Waals surface area contributed by atoms with E-state index >= 15 is 0 Å². The van der Waals surface area contributed by atoms with Crippen LogP contribution in [0.3, 0.4) is 0 Å². The third-order valence-corrected chi connectivity index (χ3v) is 6.54. The van der Waals surface area contributed by atoms with Gasteiger partial charge in [-0.2, -0.15) is 36.8 Å². The summed E-state index contributed by atoms with van der Waals surface area (Å²) in [6.07, 6.45) is -5.88. The second-order valence-corrected chi connectivity index (χ2v) is 9.43. The summed E-state index contributed by atoms with van der Waals surface area (Å²) in [5, 5.41) is 22.3. The molecule has 40 heavy (non-hydrogen) atoms. The molecule has 2 atom stereocenters. The van der Waals surface area contributed by atoms with Gasteiger partial charge in [-0.15, -0.1) is 0 Å². The molecule has 3 aromatic rings. The molecule has 0 radical (unpaired) electrons. The molecule has 3 N–H and O–H groups in total. The van der Waals surface area contributed by atoms with Crippen LogP contribution in [0.1, 0.15) is 79.1 Å². The SMILES string of the molecule is O=C(CCC(F)(F)F)N[C@H](O)c1cnn2cc([C@@H](NC(=O)c3ccnn3C(F)F)C3CCC(F)(F)CC3)nc2c1. The summed E-state index contributed by atoms with van der Waals surface area (Å²) in [7, 11) is 0. The number of carbonyl (C=O) groups is 2. The van der Waals surface area contributed by atoms with Crippen LogP contribution in [0.5, 0.6) is 0 Å². The summed E-state index contributed by atoms with van der Waals surface area (Å²) in [5.74, 6) is -5.39. The minimum absolute atomic E-state index is 0.00127. The van der Waals surface area contributed by atoms with Crippen LogP contribution in [0, 0.1) is 5.92 Å². The van der Waals surface area contributed by atoms with Gasteiger partial charge in [-0.05, 0) is 30.9 Å². The summed E-state index contributed by atoms with van der Waals surface area (Å²) < 4.78 is 92.6. The van der Waals surface area contributed by atoms with Gasteiger partial charge in [0.25, 0.3) is 5.91 Å². The van der Waals surface area contributed by atoms with E-state index in [9.17, 15) is 45.4 Å². The lowest BCUT2D eigenvalue weighted by Crippen LogP contribution is -2.38. The van der Waals surface area contributed by atoms with Crippen molar-refractivity contribution in [3.05, 3.63) is 47.7 Å². The Hall–Kier alpha value is -3.76. The van der Waals surface area contributed by atoms with Crippen LogP contribution in [-0.2, 0) is 4.79 Å². The van der Waals surface area contributed by atoms with E-state index in [1.54, 1.807) is 0 Å². The number of rotatable bonds is 9. The topological polar surface area (TPSA) is 126 Å². The van der Waals surface area contributed by atoms with Crippen molar-refractivity contribution in [2.45, 2.75) is 69.4 Å². The Morgan fingerprint density at radius 1 is 1.15 bits per heavy atom.